The van der Waals surface area contributed by atoms with Gasteiger partial charge in [-0.05, 0) is 24.7 Å². The van der Waals surface area contributed by atoms with Gasteiger partial charge in [-0.2, -0.15) is 0 Å². The highest BCUT2D eigenvalue weighted by Gasteiger charge is 2.33. The van der Waals surface area contributed by atoms with E-state index >= 15 is 0 Å². The van der Waals surface area contributed by atoms with Crippen molar-refractivity contribution in [3.8, 4) is 0 Å². The summed E-state index contributed by atoms with van der Waals surface area (Å²) in [6.07, 6.45) is 1.28. The first-order chi connectivity index (χ1) is 6.00. The monoisotopic (exact) mass is 186 g/mol. The number of rotatable bonds is 1. The smallest absolute Gasteiger partial charge is 0.302 e. The Morgan fingerprint density at radius 2 is 1.92 bits per heavy atom. The predicted molar refractivity (Wildman–Crippen MR) is 49.1 cm³/mol. The summed E-state index contributed by atoms with van der Waals surface area (Å²) in [5.41, 5.74) is 0. The zero-order chi connectivity index (χ0) is 10.0. The number of ether oxygens (including phenoxy) is 1. The summed E-state index contributed by atoms with van der Waals surface area (Å²) < 4.78 is 5.17. The molecule has 1 N–H and O–H groups in total. The Morgan fingerprint density at radius 1 is 1.31 bits per heavy atom. The van der Waals surface area contributed by atoms with Gasteiger partial charge in [-0.15, -0.1) is 0 Å². The van der Waals surface area contributed by atoms with Crippen LogP contribution in [0.4, 0.5) is 0 Å². The Balaban J connectivity index is 2.51. The quantitative estimate of drug-likeness (QED) is 0.629. The number of aliphatic hydroxyl groups is 1. The van der Waals surface area contributed by atoms with E-state index in [1.54, 1.807) is 0 Å². The summed E-state index contributed by atoms with van der Waals surface area (Å²) in [4.78, 5) is 10.8. The highest BCUT2D eigenvalue weighted by atomic mass is 16.5. The maximum atomic E-state index is 10.8. The summed E-state index contributed by atoms with van der Waals surface area (Å²) in [5, 5.41) is 9.56. The van der Waals surface area contributed by atoms with Gasteiger partial charge in [0.1, 0.15) is 6.10 Å². The van der Waals surface area contributed by atoms with Gasteiger partial charge in [0.2, 0.25) is 0 Å². The normalized spacial score (nSPS) is 40.0. The van der Waals surface area contributed by atoms with Crippen LogP contribution in [0.3, 0.4) is 0 Å². The molecule has 0 aromatic carbocycles. The second kappa shape index (κ2) is 4.09. The second-order valence-electron chi connectivity index (χ2n) is 4.14. The highest BCUT2D eigenvalue weighted by Crippen LogP contribution is 2.30. The molecule has 76 valence electrons. The standard InChI is InChI=1S/C10H18O3/c1-6-5-10(13-8(3)11)7(2)4-9(6)12/h6-7,9-10,12H,4-5H2,1-3H3/t6-,7+,9-,10+/m0/s1. The van der Waals surface area contributed by atoms with Crippen molar-refractivity contribution in [2.24, 2.45) is 11.8 Å². The van der Waals surface area contributed by atoms with Crippen LogP contribution in [0.5, 0.6) is 0 Å². The molecule has 1 rings (SSSR count). The van der Waals surface area contributed by atoms with Crippen LogP contribution < -0.4 is 0 Å². The lowest BCUT2D eigenvalue weighted by atomic mass is 9.79. The fourth-order valence-electron chi connectivity index (χ4n) is 1.90. The third kappa shape index (κ3) is 2.69. The lowest BCUT2D eigenvalue weighted by Gasteiger charge is -2.35. The van der Waals surface area contributed by atoms with Crippen LogP contribution >= 0.6 is 0 Å². The van der Waals surface area contributed by atoms with Crippen molar-refractivity contribution in [1.29, 1.82) is 0 Å². The van der Waals surface area contributed by atoms with Gasteiger partial charge < -0.3 is 9.84 Å². The molecule has 1 aliphatic rings. The van der Waals surface area contributed by atoms with Crippen molar-refractivity contribution in [2.45, 2.75) is 45.8 Å². The fraction of sp³-hybridized carbons (Fsp3) is 0.900. The summed E-state index contributed by atoms with van der Waals surface area (Å²) in [5.74, 6) is 0.288. The minimum Gasteiger partial charge on any atom is -0.462 e. The Kier molecular flexibility index (Phi) is 3.31. The van der Waals surface area contributed by atoms with Crippen molar-refractivity contribution in [3.05, 3.63) is 0 Å². The Labute approximate surface area is 79.1 Å². The molecular weight excluding hydrogens is 168 g/mol. The van der Waals surface area contributed by atoms with Gasteiger partial charge in [0.15, 0.2) is 0 Å². The van der Waals surface area contributed by atoms with E-state index in [0.29, 0.717) is 0 Å². The largest absolute Gasteiger partial charge is 0.462 e. The third-order valence-electron chi connectivity index (χ3n) is 2.83. The fourth-order valence-corrected chi connectivity index (χ4v) is 1.90. The molecule has 0 heterocycles. The number of aliphatic hydroxyl groups excluding tert-OH is 1. The lowest BCUT2D eigenvalue weighted by Crippen LogP contribution is -2.38. The molecule has 0 unspecified atom stereocenters. The van der Waals surface area contributed by atoms with Crippen LogP contribution in [-0.4, -0.2) is 23.3 Å². The van der Waals surface area contributed by atoms with E-state index in [4.69, 9.17) is 4.74 Å². The van der Waals surface area contributed by atoms with Gasteiger partial charge in [-0.25, -0.2) is 0 Å². The molecule has 1 fully saturated rings. The minimum atomic E-state index is -0.234. The van der Waals surface area contributed by atoms with E-state index in [9.17, 15) is 9.90 Å². The highest BCUT2D eigenvalue weighted by molar-refractivity contribution is 5.66. The van der Waals surface area contributed by atoms with E-state index in [1.165, 1.54) is 6.92 Å². The van der Waals surface area contributed by atoms with Crippen molar-refractivity contribution in [1.82, 2.24) is 0 Å². The minimum absolute atomic E-state index is 0.00380. The van der Waals surface area contributed by atoms with Gasteiger partial charge in [0, 0.05) is 6.92 Å². The first-order valence-electron chi connectivity index (χ1n) is 4.86. The zero-order valence-electron chi connectivity index (χ0n) is 8.49. The maximum absolute atomic E-state index is 10.8. The Morgan fingerprint density at radius 3 is 2.46 bits per heavy atom. The molecule has 1 saturated carbocycles. The molecule has 1 aliphatic carbocycles. The first-order valence-corrected chi connectivity index (χ1v) is 4.86. The molecule has 3 nitrogen and oxygen atoms in total. The van der Waals surface area contributed by atoms with Crippen molar-refractivity contribution in [3.63, 3.8) is 0 Å². The van der Waals surface area contributed by atoms with Crippen LogP contribution in [-0.2, 0) is 9.53 Å². The maximum Gasteiger partial charge on any atom is 0.302 e. The van der Waals surface area contributed by atoms with Crippen LogP contribution in [0.1, 0.15) is 33.6 Å². The van der Waals surface area contributed by atoms with Crippen LogP contribution in [0, 0.1) is 11.8 Å². The summed E-state index contributed by atoms with van der Waals surface area (Å²) in [6, 6.07) is 0. The Hall–Kier alpha value is -0.570. The van der Waals surface area contributed by atoms with E-state index < -0.39 is 0 Å². The van der Waals surface area contributed by atoms with Crippen LogP contribution in [0.2, 0.25) is 0 Å². The predicted octanol–water partition coefficient (Wildman–Crippen LogP) is 1.34. The van der Waals surface area contributed by atoms with E-state index in [-0.39, 0.29) is 30.0 Å². The molecule has 0 aromatic rings. The molecule has 0 saturated heterocycles. The van der Waals surface area contributed by atoms with Crippen molar-refractivity contribution < 1.29 is 14.6 Å². The molecule has 0 radical (unpaired) electrons. The van der Waals surface area contributed by atoms with Crippen LogP contribution in [0.25, 0.3) is 0 Å². The number of carbonyl (C=O) groups excluding carboxylic acids is 1. The average Bonchev–Trinajstić information content (AvgIpc) is 1.99. The number of esters is 1. The summed E-state index contributed by atoms with van der Waals surface area (Å²) in [7, 11) is 0. The molecule has 3 heteroatoms. The van der Waals surface area contributed by atoms with Crippen LogP contribution in [0.15, 0.2) is 0 Å². The lowest BCUT2D eigenvalue weighted by molar-refractivity contribution is -0.154. The van der Waals surface area contributed by atoms with Gasteiger partial charge in [0.05, 0.1) is 6.10 Å². The molecule has 0 aromatic heterocycles. The summed E-state index contributed by atoms with van der Waals surface area (Å²) >= 11 is 0. The molecule has 4 atom stereocenters. The van der Waals surface area contributed by atoms with Gasteiger partial charge in [0.25, 0.3) is 0 Å². The topological polar surface area (TPSA) is 46.5 Å². The zero-order valence-corrected chi connectivity index (χ0v) is 8.49. The number of carbonyl (C=O) groups is 1. The molecular formula is C10H18O3. The Bertz CT molecular complexity index is 191. The van der Waals surface area contributed by atoms with Gasteiger partial charge >= 0.3 is 5.97 Å². The number of hydrogen-bond acceptors (Lipinski definition) is 3. The first kappa shape index (κ1) is 10.5. The third-order valence-corrected chi connectivity index (χ3v) is 2.83. The average molecular weight is 186 g/mol. The molecule has 13 heavy (non-hydrogen) atoms. The summed E-state index contributed by atoms with van der Waals surface area (Å²) in [6.45, 7) is 5.44. The van der Waals surface area contributed by atoms with Crippen molar-refractivity contribution in [2.75, 3.05) is 0 Å². The van der Waals surface area contributed by atoms with Crippen molar-refractivity contribution >= 4 is 5.97 Å². The SMILES string of the molecule is CC(=O)O[C@@H]1C[C@H](C)[C@@H](O)C[C@H]1C. The van der Waals surface area contributed by atoms with Gasteiger partial charge in [-0.3, -0.25) is 4.79 Å². The van der Waals surface area contributed by atoms with E-state index in [2.05, 4.69) is 0 Å². The second-order valence-corrected chi connectivity index (χ2v) is 4.14. The molecule has 0 amide bonds. The molecule has 0 spiro atoms. The number of hydrogen-bond donors (Lipinski definition) is 1. The van der Waals surface area contributed by atoms with E-state index in [0.717, 1.165) is 12.8 Å². The molecule has 0 bridgehead atoms. The van der Waals surface area contributed by atoms with E-state index in [1.807, 2.05) is 13.8 Å². The van der Waals surface area contributed by atoms with Gasteiger partial charge in [-0.1, -0.05) is 13.8 Å². The molecule has 0 aliphatic heterocycles.